The monoisotopic (exact) mass is 499 g/mol. The van der Waals surface area contributed by atoms with Crippen molar-refractivity contribution in [2.24, 2.45) is 5.92 Å². The SMILES string of the molecule is O=C(Nc1ccc(S(=O)(=O)N2CC3CC(C2)c2cccc(=O)n2C3)cc1)c1cccc2ccccc12. The molecule has 0 spiro atoms. The minimum atomic E-state index is -3.71. The van der Waals surface area contributed by atoms with Crippen LogP contribution in [0.5, 0.6) is 0 Å². The summed E-state index contributed by atoms with van der Waals surface area (Å²) in [6.07, 6.45) is 0.884. The maximum absolute atomic E-state index is 13.5. The summed E-state index contributed by atoms with van der Waals surface area (Å²) in [5, 5.41) is 4.71. The summed E-state index contributed by atoms with van der Waals surface area (Å²) in [6.45, 7) is 1.28. The number of piperidine rings is 1. The van der Waals surface area contributed by atoms with Crippen LogP contribution < -0.4 is 10.9 Å². The van der Waals surface area contributed by atoms with E-state index in [4.69, 9.17) is 0 Å². The molecule has 2 bridgehead atoms. The first-order valence-corrected chi connectivity index (χ1v) is 13.4. The van der Waals surface area contributed by atoms with Crippen LogP contribution >= 0.6 is 0 Å². The van der Waals surface area contributed by atoms with Crippen molar-refractivity contribution in [3.63, 3.8) is 0 Å². The molecule has 6 rings (SSSR count). The largest absolute Gasteiger partial charge is 0.322 e. The molecule has 36 heavy (non-hydrogen) atoms. The van der Waals surface area contributed by atoms with Crippen molar-refractivity contribution in [1.29, 1.82) is 0 Å². The Balaban J connectivity index is 1.21. The lowest BCUT2D eigenvalue weighted by atomic mass is 9.84. The van der Waals surface area contributed by atoms with Crippen molar-refractivity contribution in [2.75, 3.05) is 18.4 Å². The number of benzene rings is 3. The molecule has 2 aliphatic rings. The highest BCUT2D eigenvalue weighted by atomic mass is 32.2. The molecule has 0 radical (unpaired) electrons. The number of pyridine rings is 1. The van der Waals surface area contributed by atoms with Crippen LogP contribution in [0.3, 0.4) is 0 Å². The average Bonchev–Trinajstić information content (AvgIpc) is 2.89. The number of fused-ring (bicyclic) bond motifs is 5. The number of carbonyl (C=O) groups excluding carboxylic acids is 1. The molecule has 8 heteroatoms. The summed E-state index contributed by atoms with van der Waals surface area (Å²) in [6, 6.07) is 24.8. The van der Waals surface area contributed by atoms with Crippen LogP contribution in [-0.4, -0.2) is 36.3 Å². The predicted molar refractivity (Wildman–Crippen MR) is 139 cm³/mol. The molecule has 1 saturated heterocycles. The Kier molecular flexibility index (Phi) is 5.50. The van der Waals surface area contributed by atoms with E-state index in [1.807, 2.05) is 42.5 Å². The number of hydrogen-bond donors (Lipinski definition) is 1. The van der Waals surface area contributed by atoms with Gasteiger partial charge in [-0.1, -0.05) is 42.5 Å². The number of nitrogens with zero attached hydrogens (tertiary/aromatic N) is 2. The zero-order chi connectivity index (χ0) is 24.9. The van der Waals surface area contributed by atoms with Crippen molar-refractivity contribution in [3.8, 4) is 0 Å². The average molecular weight is 500 g/mol. The van der Waals surface area contributed by atoms with Crippen molar-refractivity contribution < 1.29 is 13.2 Å². The highest BCUT2D eigenvalue weighted by molar-refractivity contribution is 7.89. The molecule has 1 fully saturated rings. The summed E-state index contributed by atoms with van der Waals surface area (Å²) in [7, 11) is -3.71. The van der Waals surface area contributed by atoms with E-state index in [0.29, 0.717) is 30.9 Å². The van der Waals surface area contributed by atoms with Gasteiger partial charge in [-0.2, -0.15) is 4.31 Å². The molecule has 3 aromatic carbocycles. The van der Waals surface area contributed by atoms with E-state index < -0.39 is 10.0 Å². The Hall–Kier alpha value is -3.75. The third-order valence-corrected chi connectivity index (χ3v) is 9.08. The molecule has 1 aromatic heterocycles. The quantitative estimate of drug-likeness (QED) is 0.459. The third kappa shape index (κ3) is 3.92. The van der Waals surface area contributed by atoms with Gasteiger partial charge in [0, 0.05) is 48.6 Å². The molecular formula is C28H25N3O4S. The number of hydrogen-bond acceptors (Lipinski definition) is 4. The molecule has 0 aliphatic carbocycles. The molecule has 7 nitrogen and oxygen atoms in total. The fourth-order valence-electron chi connectivity index (χ4n) is 5.53. The lowest BCUT2D eigenvalue weighted by Gasteiger charge is -2.42. The second kappa shape index (κ2) is 8.72. The Labute approximate surface area is 209 Å². The third-order valence-electron chi connectivity index (χ3n) is 7.23. The fraction of sp³-hybridized carbons (Fsp3) is 0.214. The second-order valence-electron chi connectivity index (χ2n) is 9.53. The van der Waals surface area contributed by atoms with Gasteiger partial charge in [0.25, 0.3) is 11.5 Å². The molecule has 0 saturated carbocycles. The predicted octanol–water partition coefficient (Wildman–Crippen LogP) is 4.06. The molecule has 1 N–H and O–H groups in total. The molecule has 1 amide bonds. The van der Waals surface area contributed by atoms with Gasteiger partial charge in [0.15, 0.2) is 0 Å². The van der Waals surface area contributed by atoms with Gasteiger partial charge in [0.1, 0.15) is 0 Å². The van der Waals surface area contributed by atoms with Gasteiger partial charge in [-0.15, -0.1) is 0 Å². The lowest BCUT2D eigenvalue weighted by Crippen LogP contribution is -2.48. The van der Waals surface area contributed by atoms with Crippen LogP contribution in [0.2, 0.25) is 0 Å². The number of anilines is 1. The van der Waals surface area contributed by atoms with E-state index in [2.05, 4.69) is 5.32 Å². The van der Waals surface area contributed by atoms with E-state index in [9.17, 15) is 18.0 Å². The first kappa shape index (κ1) is 22.7. The van der Waals surface area contributed by atoms with Gasteiger partial charge in [0.2, 0.25) is 10.0 Å². The van der Waals surface area contributed by atoms with Crippen molar-refractivity contribution in [2.45, 2.75) is 23.8 Å². The Morgan fingerprint density at radius 1 is 0.833 bits per heavy atom. The number of rotatable bonds is 4. The molecular weight excluding hydrogens is 474 g/mol. The van der Waals surface area contributed by atoms with E-state index in [1.54, 1.807) is 34.9 Å². The molecule has 182 valence electrons. The Morgan fingerprint density at radius 3 is 2.42 bits per heavy atom. The normalized spacial score (nSPS) is 19.6. The van der Waals surface area contributed by atoms with Crippen molar-refractivity contribution >= 4 is 32.4 Å². The number of aromatic nitrogens is 1. The second-order valence-corrected chi connectivity index (χ2v) is 11.5. The molecule has 2 aliphatic heterocycles. The van der Waals surface area contributed by atoms with E-state index in [0.717, 1.165) is 22.9 Å². The van der Waals surface area contributed by atoms with Gasteiger partial charge < -0.3 is 9.88 Å². The highest BCUT2D eigenvalue weighted by Crippen LogP contribution is 2.37. The van der Waals surface area contributed by atoms with Crippen LogP contribution in [0.1, 0.15) is 28.4 Å². The smallest absolute Gasteiger partial charge is 0.256 e. The van der Waals surface area contributed by atoms with Crippen LogP contribution in [0.15, 0.2) is 94.6 Å². The van der Waals surface area contributed by atoms with Crippen LogP contribution in [0.4, 0.5) is 5.69 Å². The lowest BCUT2D eigenvalue weighted by molar-refractivity contribution is 0.102. The minimum Gasteiger partial charge on any atom is -0.322 e. The molecule has 4 aromatic rings. The van der Waals surface area contributed by atoms with E-state index in [-0.39, 0.29) is 28.2 Å². The standard InChI is InChI=1S/C28H25N3O4S/c32-27-10-4-9-26-21-15-19(17-31(26)27)16-30(18-21)36(34,35)23-13-11-22(12-14-23)29-28(33)25-8-3-6-20-5-1-2-7-24(20)25/h1-14,19,21H,15-18H2,(H,29,33). The zero-order valence-electron chi connectivity index (χ0n) is 19.5. The Bertz CT molecular complexity index is 1640. The molecule has 2 unspecified atom stereocenters. The summed E-state index contributed by atoms with van der Waals surface area (Å²) in [5.41, 5.74) is 1.96. The summed E-state index contributed by atoms with van der Waals surface area (Å²) < 4.78 is 30.3. The first-order chi connectivity index (χ1) is 17.4. The molecule has 3 heterocycles. The van der Waals surface area contributed by atoms with Crippen molar-refractivity contribution in [3.05, 3.63) is 107 Å². The van der Waals surface area contributed by atoms with Gasteiger partial charge in [-0.25, -0.2) is 8.42 Å². The number of nitrogens with one attached hydrogen (secondary N) is 1. The highest BCUT2D eigenvalue weighted by Gasteiger charge is 2.39. The van der Waals surface area contributed by atoms with Gasteiger partial charge in [0.05, 0.1) is 4.90 Å². The molecule has 2 atom stereocenters. The van der Waals surface area contributed by atoms with E-state index in [1.165, 1.54) is 16.4 Å². The van der Waals surface area contributed by atoms with Crippen molar-refractivity contribution in [1.82, 2.24) is 8.87 Å². The minimum absolute atomic E-state index is 0.000400. The maximum Gasteiger partial charge on any atom is 0.256 e. The van der Waals surface area contributed by atoms with Gasteiger partial charge in [-0.05, 0) is 59.5 Å². The summed E-state index contributed by atoms with van der Waals surface area (Å²) in [5.74, 6) is -0.147. The van der Waals surface area contributed by atoms with Crippen LogP contribution in [-0.2, 0) is 16.6 Å². The summed E-state index contributed by atoms with van der Waals surface area (Å²) in [4.78, 5) is 25.4. The number of carbonyl (C=O) groups is 1. The fourth-order valence-corrected chi connectivity index (χ4v) is 7.09. The Morgan fingerprint density at radius 2 is 1.58 bits per heavy atom. The number of amides is 1. The first-order valence-electron chi connectivity index (χ1n) is 12.0. The van der Waals surface area contributed by atoms with Gasteiger partial charge >= 0.3 is 0 Å². The topological polar surface area (TPSA) is 88.5 Å². The maximum atomic E-state index is 13.5. The van der Waals surface area contributed by atoms with Crippen LogP contribution in [0.25, 0.3) is 10.8 Å². The van der Waals surface area contributed by atoms with Crippen LogP contribution in [0, 0.1) is 5.92 Å². The summed E-state index contributed by atoms with van der Waals surface area (Å²) >= 11 is 0. The zero-order valence-corrected chi connectivity index (χ0v) is 20.3. The van der Waals surface area contributed by atoms with Gasteiger partial charge in [-0.3, -0.25) is 9.59 Å². The van der Waals surface area contributed by atoms with E-state index >= 15 is 0 Å². The number of sulfonamides is 1.